The number of nitro benzene ring substituents is 1. The quantitative estimate of drug-likeness (QED) is 0.287. The molecule has 1 heterocycles. The van der Waals surface area contributed by atoms with E-state index in [4.69, 9.17) is 4.74 Å². The second kappa shape index (κ2) is 12.4. The Bertz CT molecular complexity index is 1210. The molecule has 204 valence electrons. The number of piperazine rings is 1. The average Bonchev–Trinajstić information content (AvgIpc) is 2.86. The first kappa shape index (κ1) is 29.2. The number of rotatable bonds is 7. The number of nitrogens with zero attached hydrogens (tertiary/aromatic N) is 3. The number of carbonyl (C=O) groups excluding carboxylic acids is 2. The second-order valence-electron chi connectivity index (χ2n) is 10.4. The minimum absolute atomic E-state index is 0.0329. The SMILES string of the molecule is CC(C)c1ccccc1Sc1ccc(C=CC(=O)N2CCN(C(=O)OC(C)(C)C)C(CO)C2)cc1[N+](=O)[O-]. The maximum atomic E-state index is 12.9. The summed E-state index contributed by atoms with van der Waals surface area (Å²) in [6, 6.07) is 12.2. The molecule has 1 atom stereocenters. The van der Waals surface area contributed by atoms with Crippen molar-refractivity contribution in [1.82, 2.24) is 9.80 Å². The van der Waals surface area contributed by atoms with Gasteiger partial charge in [-0.3, -0.25) is 19.8 Å². The fourth-order valence-corrected chi connectivity index (χ4v) is 5.26. The number of carbonyl (C=O) groups is 2. The molecule has 0 radical (unpaired) electrons. The van der Waals surface area contributed by atoms with Gasteiger partial charge in [0.25, 0.3) is 5.69 Å². The Balaban J connectivity index is 1.72. The zero-order valence-corrected chi connectivity index (χ0v) is 23.2. The molecule has 3 rings (SSSR count). The van der Waals surface area contributed by atoms with Crippen LogP contribution in [0.2, 0.25) is 0 Å². The van der Waals surface area contributed by atoms with E-state index in [9.17, 15) is 24.8 Å². The fraction of sp³-hybridized carbons (Fsp3) is 0.429. The molecule has 2 amide bonds. The van der Waals surface area contributed by atoms with E-state index >= 15 is 0 Å². The number of aliphatic hydroxyl groups excluding tert-OH is 1. The Morgan fingerprint density at radius 3 is 2.53 bits per heavy atom. The van der Waals surface area contributed by atoms with Crippen LogP contribution in [-0.2, 0) is 9.53 Å². The molecule has 1 aliphatic rings. The highest BCUT2D eigenvalue weighted by Gasteiger charge is 2.34. The first-order chi connectivity index (χ1) is 17.9. The Kier molecular flexibility index (Phi) is 9.56. The summed E-state index contributed by atoms with van der Waals surface area (Å²) in [5.74, 6) is -0.0262. The molecule has 9 nitrogen and oxygen atoms in total. The van der Waals surface area contributed by atoms with Crippen molar-refractivity contribution in [3.8, 4) is 0 Å². The van der Waals surface area contributed by atoms with Crippen LogP contribution in [0.4, 0.5) is 10.5 Å². The maximum Gasteiger partial charge on any atom is 0.410 e. The summed E-state index contributed by atoms with van der Waals surface area (Å²) < 4.78 is 5.41. The van der Waals surface area contributed by atoms with Crippen LogP contribution in [-0.4, -0.2) is 69.7 Å². The van der Waals surface area contributed by atoms with E-state index < -0.39 is 22.7 Å². The number of ether oxygens (including phenoxy) is 1. The summed E-state index contributed by atoms with van der Waals surface area (Å²) in [6.07, 6.45) is 2.37. The number of hydrogen-bond donors (Lipinski definition) is 1. The molecule has 0 aromatic heterocycles. The van der Waals surface area contributed by atoms with Gasteiger partial charge in [0.15, 0.2) is 0 Å². The largest absolute Gasteiger partial charge is 0.444 e. The van der Waals surface area contributed by atoms with Gasteiger partial charge in [-0.05, 0) is 56.0 Å². The topological polar surface area (TPSA) is 113 Å². The van der Waals surface area contributed by atoms with Crippen LogP contribution in [0.25, 0.3) is 6.08 Å². The molecule has 0 spiro atoms. The standard InChI is InChI=1S/C28H35N3O6S/c1-19(2)22-8-6-7-9-24(22)38-25-12-10-20(16-23(25)31(35)36)11-13-26(33)29-14-15-30(21(17-29)18-32)27(34)37-28(3,4)5/h6-13,16,19,21,32H,14-15,17-18H2,1-5H3. The highest BCUT2D eigenvalue weighted by atomic mass is 32.2. The van der Waals surface area contributed by atoms with E-state index in [-0.39, 0.29) is 43.8 Å². The van der Waals surface area contributed by atoms with Gasteiger partial charge < -0.3 is 14.7 Å². The van der Waals surface area contributed by atoms with Crippen molar-refractivity contribution in [3.63, 3.8) is 0 Å². The molecule has 38 heavy (non-hydrogen) atoms. The summed E-state index contributed by atoms with van der Waals surface area (Å²) in [5, 5.41) is 21.6. The number of nitro groups is 1. The van der Waals surface area contributed by atoms with Crippen molar-refractivity contribution in [2.45, 2.75) is 62.0 Å². The Morgan fingerprint density at radius 1 is 1.18 bits per heavy atom. The molecule has 10 heteroatoms. The van der Waals surface area contributed by atoms with E-state index in [1.54, 1.807) is 43.9 Å². The zero-order valence-electron chi connectivity index (χ0n) is 22.4. The van der Waals surface area contributed by atoms with Crippen LogP contribution >= 0.6 is 11.8 Å². The molecule has 0 bridgehead atoms. The van der Waals surface area contributed by atoms with Gasteiger partial charge in [0.1, 0.15) is 5.60 Å². The van der Waals surface area contributed by atoms with Gasteiger partial charge in [-0.15, -0.1) is 0 Å². The number of amides is 2. The first-order valence-electron chi connectivity index (χ1n) is 12.5. The van der Waals surface area contributed by atoms with E-state index in [0.717, 1.165) is 10.5 Å². The van der Waals surface area contributed by atoms with E-state index in [0.29, 0.717) is 10.5 Å². The van der Waals surface area contributed by atoms with Gasteiger partial charge in [-0.25, -0.2) is 4.79 Å². The van der Waals surface area contributed by atoms with Gasteiger partial charge in [0.05, 0.1) is 22.5 Å². The molecule has 2 aromatic rings. The van der Waals surface area contributed by atoms with Gasteiger partial charge in [0, 0.05) is 36.7 Å². The molecule has 2 aromatic carbocycles. The molecule has 0 aliphatic carbocycles. The molecule has 1 fully saturated rings. The summed E-state index contributed by atoms with van der Waals surface area (Å²) >= 11 is 1.35. The third-order valence-electron chi connectivity index (χ3n) is 5.99. The monoisotopic (exact) mass is 541 g/mol. The highest BCUT2D eigenvalue weighted by Crippen LogP contribution is 2.39. The lowest BCUT2D eigenvalue weighted by Crippen LogP contribution is -2.58. The fourth-order valence-electron chi connectivity index (χ4n) is 4.08. The van der Waals surface area contributed by atoms with Crippen molar-refractivity contribution in [3.05, 3.63) is 69.8 Å². The molecule has 1 unspecified atom stereocenters. The van der Waals surface area contributed by atoms with Gasteiger partial charge in [-0.1, -0.05) is 49.9 Å². The van der Waals surface area contributed by atoms with Gasteiger partial charge in [-0.2, -0.15) is 0 Å². The van der Waals surface area contributed by atoms with Crippen LogP contribution in [0, 0.1) is 10.1 Å². The number of benzene rings is 2. The average molecular weight is 542 g/mol. The normalized spacial score (nSPS) is 16.2. The molecule has 0 saturated carbocycles. The van der Waals surface area contributed by atoms with Gasteiger partial charge in [0.2, 0.25) is 5.91 Å². The molecule has 1 saturated heterocycles. The lowest BCUT2D eigenvalue weighted by Gasteiger charge is -2.40. The number of aliphatic hydroxyl groups is 1. The minimum Gasteiger partial charge on any atom is -0.444 e. The van der Waals surface area contributed by atoms with Crippen LogP contribution in [0.5, 0.6) is 0 Å². The molecular weight excluding hydrogens is 506 g/mol. The maximum absolute atomic E-state index is 12.9. The predicted octanol–water partition coefficient (Wildman–Crippen LogP) is 5.32. The number of hydrogen-bond acceptors (Lipinski definition) is 7. The van der Waals surface area contributed by atoms with E-state index in [2.05, 4.69) is 13.8 Å². The van der Waals surface area contributed by atoms with Gasteiger partial charge >= 0.3 is 6.09 Å². The molecule has 1 N–H and O–H groups in total. The minimum atomic E-state index is -0.665. The third kappa shape index (κ3) is 7.58. The summed E-state index contributed by atoms with van der Waals surface area (Å²) in [4.78, 5) is 41.2. The van der Waals surface area contributed by atoms with E-state index in [1.807, 2.05) is 24.3 Å². The molecule has 1 aliphatic heterocycles. The summed E-state index contributed by atoms with van der Waals surface area (Å²) in [5.41, 5.74) is 0.947. The van der Waals surface area contributed by atoms with Crippen LogP contribution in [0.3, 0.4) is 0 Å². The van der Waals surface area contributed by atoms with Crippen molar-refractivity contribution < 1.29 is 24.4 Å². The summed E-state index contributed by atoms with van der Waals surface area (Å²) in [7, 11) is 0. The lowest BCUT2D eigenvalue weighted by atomic mass is 10.0. The second-order valence-corrected chi connectivity index (χ2v) is 11.5. The van der Waals surface area contributed by atoms with Crippen molar-refractivity contribution >= 4 is 35.5 Å². The van der Waals surface area contributed by atoms with E-state index in [1.165, 1.54) is 28.8 Å². The first-order valence-corrected chi connectivity index (χ1v) is 13.3. The zero-order chi connectivity index (χ0) is 28.0. The third-order valence-corrected chi connectivity index (χ3v) is 7.15. The van der Waals surface area contributed by atoms with Crippen molar-refractivity contribution in [2.24, 2.45) is 0 Å². The van der Waals surface area contributed by atoms with Crippen LogP contribution in [0.15, 0.2) is 58.3 Å². The van der Waals surface area contributed by atoms with Crippen molar-refractivity contribution in [2.75, 3.05) is 26.2 Å². The predicted molar refractivity (Wildman–Crippen MR) is 147 cm³/mol. The highest BCUT2D eigenvalue weighted by molar-refractivity contribution is 7.99. The lowest BCUT2D eigenvalue weighted by molar-refractivity contribution is -0.387. The van der Waals surface area contributed by atoms with Crippen LogP contribution < -0.4 is 0 Å². The molecular formula is C28H35N3O6S. The van der Waals surface area contributed by atoms with Crippen LogP contribution in [0.1, 0.15) is 51.7 Å². The van der Waals surface area contributed by atoms with Crippen molar-refractivity contribution in [1.29, 1.82) is 0 Å². The summed E-state index contributed by atoms with van der Waals surface area (Å²) in [6.45, 7) is 9.83. The smallest absolute Gasteiger partial charge is 0.410 e. The Hall–Kier alpha value is -3.37. The Morgan fingerprint density at radius 2 is 1.89 bits per heavy atom. The Labute approximate surface area is 227 Å².